The Balaban J connectivity index is 2.00. The van der Waals surface area contributed by atoms with Crippen molar-refractivity contribution < 1.29 is 5.11 Å². The number of halogens is 1. The molecule has 0 spiro atoms. The molecule has 1 aromatic rings. The zero-order chi connectivity index (χ0) is 10.8. The molecule has 2 heterocycles. The molecule has 1 N–H and O–H groups in total. The van der Waals surface area contributed by atoms with Crippen LogP contribution < -0.4 is 0 Å². The molecule has 1 aromatic heterocycles. The minimum Gasteiger partial charge on any atom is -0.395 e. The maximum atomic E-state index is 9.33. The van der Waals surface area contributed by atoms with Crippen molar-refractivity contribution in [3.8, 4) is 0 Å². The number of rotatable bonds is 3. The van der Waals surface area contributed by atoms with Crippen molar-refractivity contribution in [1.29, 1.82) is 0 Å². The Labute approximate surface area is 99.5 Å². The summed E-state index contributed by atoms with van der Waals surface area (Å²) in [5.41, 5.74) is 0. The lowest BCUT2D eigenvalue weighted by atomic mass is 10.0. The number of thiophene rings is 1. The summed E-state index contributed by atoms with van der Waals surface area (Å²) in [6.45, 7) is 4.48. The summed E-state index contributed by atoms with van der Waals surface area (Å²) in [6.07, 6.45) is 1.18. The van der Waals surface area contributed by atoms with E-state index in [0.29, 0.717) is 12.0 Å². The molecule has 0 radical (unpaired) electrons. The van der Waals surface area contributed by atoms with Crippen molar-refractivity contribution in [2.45, 2.75) is 25.9 Å². The Hall–Kier alpha value is -0.0900. The van der Waals surface area contributed by atoms with E-state index in [-0.39, 0.29) is 6.61 Å². The van der Waals surface area contributed by atoms with Gasteiger partial charge in [0, 0.05) is 17.5 Å². The van der Waals surface area contributed by atoms with Crippen LogP contribution in [-0.2, 0) is 6.54 Å². The summed E-state index contributed by atoms with van der Waals surface area (Å²) < 4.78 is 0.845. The molecule has 2 unspecified atom stereocenters. The second-order valence-electron chi connectivity index (χ2n) is 4.19. The number of aliphatic hydroxyl groups is 1. The number of hydrogen-bond donors (Lipinski definition) is 1. The monoisotopic (exact) mass is 245 g/mol. The van der Waals surface area contributed by atoms with E-state index in [1.807, 2.05) is 6.07 Å². The smallest absolute Gasteiger partial charge is 0.0931 e. The van der Waals surface area contributed by atoms with Gasteiger partial charge in [0.25, 0.3) is 0 Å². The highest BCUT2D eigenvalue weighted by Gasteiger charge is 2.30. The zero-order valence-corrected chi connectivity index (χ0v) is 10.4. The van der Waals surface area contributed by atoms with E-state index in [1.54, 1.807) is 11.3 Å². The van der Waals surface area contributed by atoms with Crippen molar-refractivity contribution >= 4 is 22.9 Å². The van der Waals surface area contributed by atoms with Gasteiger partial charge in [-0.05, 0) is 31.0 Å². The molecule has 0 amide bonds. The second kappa shape index (κ2) is 4.83. The lowest BCUT2D eigenvalue weighted by Crippen LogP contribution is -2.34. The van der Waals surface area contributed by atoms with E-state index < -0.39 is 0 Å². The Bertz CT molecular complexity index is 328. The first-order valence-corrected chi connectivity index (χ1v) is 6.49. The molecular formula is C11H16ClNOS. The van der Waals surface area contributed by atoms with Crippen LogP contribution in [0.2, 0.25) is 4.34 Å². The molecule has 0 aromatic carbocycles. The van der Waals surface area contributed by atoms with Crippen molar-refractivity contribution in [2.75, 3.05) is 13.2 Å². The molecule has 1 aliphatic rings. The Morgan fingerprint density at radius 1 is 1.60 bits per heavy atom. The van der Waals surface area contributed by atoms with Crippen molar-refractivity contribution in [3.05, 3.63) is 21.3 Å². The van der Waals surface area contributed by atoms with Gasteiger partial charge in [0.2, 0.25) is 0 Å². The summed E-state index contributed by atoms with van der Waals surface area (Å²) in [6, 6.07) is 4.34. The summed E-state index contributed by atoms with van der Waals surface area (Å²) in [4.78, 5) is 3.64. The van der Waals surface area contributed by atoms with Crippen LogP contribution in [0.1, 0.15) is 18.2 Å². The van der Waals surface area contributed by atoms with Gasteiger partial charge >= 0.3 is 0 Å². The van der Waals surface area contributed by atoms with Gasteiger partial charge in [0.15, 0.2) is 0 Å². The Morgan fingerprint density at radius 3 is 3.00 bits per heavy atom. The largest absolute Gasteiger partial charge is 0.395 e. The third kappa shape index (κ3) is 2.53. The van der Waals surface area contributed by atoms with E-state index in [9.17, 15) is 5.11 Å². The lowest BCUT2D eigenvalue weighted by Gasteiger charge is -2.24. The van der Waals surface area contributed by atoms with Crippen molar-refractivity contribution in [2.24, 2.45) is 5.92 Å². The van der Waals surface area contributed by atoms with Gasteiger partial charge in [0.05, 0.1) is 10.9 Å². The third-order valence-corrected chi connectivity index (χ3v) is 4.39. The molecule has 4 heteroatoms. The fraction of sp³-hybridized carbons (Fsp3) is 0.636. The summed E-state index contributed by atoms with van der Waals surface area (Å²) in [5.74, 6) is 0.602. The first kappa shape index (κ1) is 11.4. The Kier molecular flexibility index (Phi) is 3.67. The highest BCUT2D eigenvalue weighted by molar-refractivity contribution is 7.16. The maximum Gasteiger partial charge on any atom is 0.0931 e. The molecule has 2 nitrogen and oxygen atoms in total. The average Bonchev–Trinajstić information content (AvgIpc) is 2.75. The van der Waals surface area contributed by atoms with Crippen LogP contribution in [0, 0.1) is 5.92 Å². The average molecular weight is 246 g/mol. The van der Waals surface area contributed by atoms with Gasteiger partial charge in [-0.1, -0.05) is 18.5 Å². The van der Waals surface area contributed by atoms with E-state index in [1.165, 1.54) is 11.3 Å². The molecule has 84 valence electrons. The normalized spacial score (nSPS) is 27.4. The van der Waals surface area contributed by atoms with Gasteiger partial charge in [-0.15, -0.1) is 11.3 Å². The molecular weight excluding hydrogens is 230 g/mol. The number of nitrogens with zero attached hydrogens (tertiary/aromatic N) is 1. The molecule has 0 aliphatic carbocycles. The van der Waals surface area contributed by atoms with E-state index in [4.69, 9.17) is 11.6 Å². The topological polar surface area (TPSA) is 23.5 Å². The summed E-state index contributed by atoms with van der Waals surface area (Å²) in [5, 5.41) is 9.33. The molecule has 0 saturated carbocycles. The minimum atomic E-state index is 0.264. The second-order valence-corrected chi connectivity index (χ2v) is 5.99. The molecule has 1 aliphatic heterocycles. The van der Waals surface area contributed by atoms with Crippen LogP contribution in [-0.4, -0.2) is 29.2 Å². The summed E-state index contributed by atoms with van der Waals surface area (Å²) >= 11 is 7.53. The van der Waals surface area contributed by atoms with Crippen molar-refractivity contribution in [3.63, 3.8) is 0 Å². The maximum absolute atomic E-state index is 9.33. The first-order chi connectivity index (χ1) is 7.20. The van der Waals surface area contributed by atoms with Crippen LogP contribution in [0.25, 0.3) is 0 Å². The van der Waals surface area contributed by atoms with Gasteiger partial charge < -0.3 is 5.11 Å². The quantitative estimate of drug-likeness (QED) is 0.885. The minimum absolute atomic E-state index is 0.264. The van der Waals surface area contributed by atoms with E-state index in [2.05, 4.69) is 17.9 Å². The fourth-order valence-corrected chi connectivity index (χ4v) is 3.33. The van der Waals surface area contributed by atoms with Gasteiger partial charge in [0.1, 0.15) is 0 Å². The Morgan fingerprint density at radius 2 is 2.40 bits per heavy atom. The lowest BCUT2D eigenvalue weighted by molar-refractivity contribution is 0.135. The van der Waals surface area contributed by atoms with E-state index >= 15 is 0 Å². The standard InChI is InChI=1S/C11H16ClNOS/c1-8-4-5-13(10(8)7-14)6-9-2-3-11(12)15-9/h2-3,8,10,14H,4-7H2,1H3. The van der Waals surface area contributed by atoms with Crippen LogP contribution in [0.15, 0.2) is 12.1 Å². The molecule has 2 atom stereocenters. The molecule has 15 heavy (non-hydrogen) atoms. The molecule has 0 bridgehead atoms. The first-order valence-electron chi connectivity index (χ1n) is 5.30. The predicted octanol–water partition coefficient (Wildman–Crippen LogP) is 2.60. The molecule has 2 rings (SSSR count). The zero-order valence-electron chi connectivity index (χ0n) is 8.82. The van der Waals surface area contributed by atoms with Crippen molar-refractivity contribution in [1.82, 2.24) is 4.90 Å². The predicted molar refractivity (Wildman–Crippen MR) is 64.4 cm³/mol. The van der Waals surface area contributed by atoms with Crippen LogP contribution >= 0.6 is 22.9 Å². The van der Waals surface area contributed by atoms with Crippen LogP contribution in [0.4, 0.5) is 0 Å². The SMILES string of the molecule is CC1CCN(Cc2ccc(Cl)s2)C1CO. The summed E-state index contributed by atoms with van der Waals surface area (Å²) in [7, 11) is 0. The highest BCUT2D eigenvalue weighted by atomic mass is 35.5. The number of likely N-dealkylation sites (tertiary alicyclic amines) is 1. The van der Waals surface area contributed by atoms with Gasteiger partial charge in [-0.3, -0.25) is 4.90 Å². The molecule has 1 saturated heterocycles. The third-order valence-electron chi connectivity index (χ3n) is 3.17. The molecule has 1 fully saturated rings. The van der Waals surface area contributed by atoms with Crippen LogP contribution in [0.3, 0.4) is 0 Å². The van der Waals surface area contributed by atoms with Gasteiger partial charge in [-0.2, -0.15) is 0 Å². The van der Waals surface area contributed by atoms with Crippen LogP contribution in [0.5, 0.6) is 0 Å². The van der Waals surface area contributed by atoms with Gasteiger partial charge in [-0.25, -0.2) is 0 Å². The fourth-order valence-electron chi connectivity index (χ4n) is 2.22. The number of aliphatic hydroxyl groups excluding tert-OH is 1. The number of hydrogen-bond acceptors (Lipinski definition) is 3. The van der Waals surface area contributed by atoms with E-state index in [0.717, 1.165) is 17.4 Å². The highest BCUT2D eigenvalue weighted by Crippen LogP contribution is 2.28.